The van der Waals surface area contributed by atoms with Crippen molar-refractivity contribution in [2.45, 2.75) is 13.8 Å². The van der Waals surface area contributed by atoms with Gasteiger partial charge < -0.3 is 4.74 Å². The van der Waals surface area contributed by atoms with Crippen LogP contribution in [0.3, 0.4) is 0 Å². The molecule has 0 aliphatic rings. The predicted octanol–water partition coefficient (Wildman–Crippen LogP) is 1.01. The molecule has 12 heavy (non-hydrogen) atoms. The van der Waals surface area contributed by atoms with Gasteiger partial charge in [0.1, 0.15) is 0 Å². The number of amides is 1. The average Bonchev–Trinajstić information content (AvgIpc) is 1.85. The summed E-state index contributed by atoms with van der Waals surface area (Å²) in [6.07, 6.45) is -0.534. The van der Waals surface area contributed by atoms with Crippen LogP contribution in [0.4, 0.5) is 4.79 Å². The largest absolute Gasteiger partial charge is 0.523 e. The normalized spacial score (nSPS) is 11.5. The van der Waals surface area contributed by atoms with Gasteiger partial charge in [-0.25, -0.2) is 4.48 Å². The third kappa shape index (κ3) is 3.48. The summed E-state index contributed by atoms with van der Waals surface area (Å²) in [6.45, 7) is 3.37. The van der Waals surface area contributed by atoms with Crippen LogP contribution in [-0.2, 0) is 9.53 Å². The van der Waals surface area contributed by atoms with Crippen LogP contribution in [0.1, 0.15) is 13.8 Å². The van der Waals surface area contributed by atoms with Crippen LogP contribution in [-0.4, -0.2) is 37.7 Å². The first-order valence-electron chi connectivity index (χ1n) is 3.83. The SMILES string of the molecule is CC(C)C(=O)OC(=O)[N+](C)(C)C. The van der Waals surface area contributed by atoms with Gasteiger partial charge in [0.05, 0.1) is 27.1 Å². The van der Waals surface area contributed by atoms with E-state index >= 15 is 0 Å². The summed E-state index contributed by atoms with van der Waals surface area (Å²) < 4.78 is 4.57. The molecule has 0 spiro atoms. The van der Waals surface area contributed by atoms with Crippen molar-refractivity contribution in [3.63, 3.8) is 0 Å². The molecule has 0 aliphatic heterocycles. The molecule has 1 amide bonds. The van der Waals surface area contributed by atoms with Crippen LogP contribution in [0.2, 0.25) is 0 Å². The molecule has 0 radical (unpaired) electrons. The van der Waals surface area contributed by atoms with E-state index in [2.05, 4.69) is 4.74 Å². The van der Waals surface area contributed by atoms with E-state index < -0.39 is 12.1 Å². The number of ether oxygens (including phenoxy) is 1. The zero-order valence-electron chi connectivity index (χ0n) is 8.25. The van der Waals surface area contributed by atoms with Gasteiger partial charge in [-0.05, 0) is 0 Å². The number of quaternary nitrogens is 1. The molecule has 0 saturated carbocycles. The lowest BCUT2D eigenvalue weighted by atomic mass is 10.2. The smallest absolute Gasteiger partial charge is 0.346 e. The highest BCUT2D eigenvalue weighted by molar-refractivity contribution is 5.82. The molecule has 4 heteroatoms. The summed E-state index contributed by atoms with van der Waals surface area (Å²) in [6, 6.07) is 0. The number of hydrogen-bond acceptors (Lipinski definition) is 3. The molecular weight excluding hydrogens is 158 g/mol. The highest BCUT2D eigenvalue weighted by Crippen LogP contribution is 2.01. The number of hydrogen-bond donors (Lipinski definition) is 0. The monoisotopic (exact) mass is 174 g/mol. The minimum absolute atomic E-state index is 0.00153. The van der Waals surface area contributed by atoms with Crippen LogP contribution in [0.25, 0.3) is 0 Å². The van der Waals surface area contributed by atoms with Gasteiger partial charge in [-0.1, -0.05) is 13.8 Å². The van der Waals surface area contributed by atoms with Gasteiger partial charge in [-0.15, -0.1) is 0 Å². The Kier molecular flexibility index (Phi) is 3.39. The topological polar surface area (TPSA) is 43.4 Å². The maximum absolute atomic E-state index is 11.1. The van der Waals surface area contributed by atoms with Crippen molar-refractivity contribution < 1.29 is 18.8 Å². The summed E-state index contributed by atoms with van der Waals surface area (Å²) in [5.74, 6) is -0.742. The molecule has 0 aliphatic carbocycles. The van der Waals surface area contributed by atoms with E-state index in [-0.39, 0.29) is 10.4 Å². The second-order valence-electron chi connectivity index (χ2n) is 3.85. The third-order valence-electron chi connectivity index (χ3n) is 1.21. The van der Waals surface area contributed by atoms with E-state index in [1.165, 1.54) is 0 Å². The van der Waals surface area contributed by atoms with Crippen LogP contribution in [0, 0.1) is 5.92 Å². The molecule has 0 N–H and O–H groups in total. The van der Waals surface area contributed by atoms with E-state index in [0.29, 0.717) is 0 Å². The number of carbonyl (C=O) groups is 2. The van der Waals surface area contributed by atoms with Gasteiger partial charge in [0, 0.05) is 0 Å². The summed E-state index contributed by atoms with van der Waals surface area (Å²) in [5, 5.41) is 0. The number of rotatable bonds is 1. The highest BCUT2D eigenvalue weighted by Gasteiger charge is 2.26. The molecule has 0 aromatic carbocycles. The Balaban J connectivity index is 4.12. The molecule has 0 atom stereocenters. The Morgan fingerprint density at radius 1 is 1.17 bits per heavy atom. The average molecular weight is 174 g/mol. The van der Waals surface area contributed by atoms with Gasteiger partial charge >= 0.3 is 12.1 Å². The molecule has 0 bridgehead atoms. The zero-order valence-corrected chi connectivity index (χ0v) is 8.25. The van der Waals surface area contributed by atoms with E-state index in [0.717, 1.165) is 0 Å². The summed E-state index contributed by atoms with van der Waals surface area (Å²) in [7, 11) is 4.95. The van der Waals surface area contributed by atoms with Gasteiger partial charge in [0.2, 0.25) is 0 Å². The minimum Gasteiger partial charge on any atom is -0.346 e. The van der Waals surface area contributed by atoms with Crippen molar-refractivity contribution >= 4 is 12.1 Å². The fourth-order valence-corrected chi connectivity index (χ4v) is 0.341. The van der Waals surface area contributed by atoms with Crippen LogP contribution < -0.4 is 0 Å². The summed E-state index contributed by atoms with van der Waals surface area (Å²) in [4.78, 5) is 22.1. The first-order valence-corrected chi connectivity index (χ1v) is 3.83. The first kappa shape index (κ1) is 11.1. The molecule has 0 aromatic rings. The van der Waals surface area contributed by atoms with Crippen molar-refractivity contribution in [2.24, 2.45) is 5.92 Å². The molecular formula is C8H16NO3+. The van der Waals surface area contributed by atoms with E-state index in [1.54, 1.807) is 35.0 Å². The molecule has 0 aromatic heterocycles. The van der Waals surface area contributed by atoms with Crippen molar-refractivity contribution in [3.8, 4) is 0 Å². The second kappa shape index (κ2) is 3.67. The Morgan fingerprint density at radius 3 is 1.83 bits per heavy atom. The predicted molar refractivity (Wildman–Crippen MR) is 44.4 cm³/mol. The standard InChI is InChI=1S/C8H16NO3/c1-6(2)7(10)12-8(11)9(3,4)5/h6H,1-5H3/q+1. The van der Waals surface area contributed by atoms with Crippen molar-refractivity contribution in [2.75, 3.05) is 21.1 Å². The quantitative estimate of drug-likeness (QED) is 0.338. The molecule has 4 nitrogen and oxygen atoms in total. The maximum Gasteiger partial charge on any atom is 0.523 e. The van der Waals surface area contributed by atoms with Crippen molar-refractivity contribution in [1.29, 1.82) is 0 Å². The molecule has 70 valence electrons. The molecule has 0 rings (SSSR count). The second-order valence-corrected chi connectivity index (χ2v) is 3.85. The first-order chi connectivity index (χ1) is 5.25. The van der Waals surface area contributed by atoms with Crippen LogP contribution in [0.5, 0.6) is 0 Å². The van der Waals surface area contributed by atoms with Gasteiger partial charge in [-0.2, -0.15) is 4.79 Å². The highest BCUT2D eigenvalue weighted by atomic mass is 16.6. The Bertz CT molecular complexity index is 191. The number of esters is 1. The van der Waals surface area contributed by atoms with E-state index in [9.17, 15) is 9.59 Å². The Hall–Kier alpha value is -0.900. The molecule has 0 fully saturated rings. The minimum atomic E-state index is -0.534. The number of carbonyl (C=O) groups excluding carboxylic acids is 2. The molecule has 0 saturated heterocycles. The Morgan fingerprint density at radius 2 is 1.58 bits per heavy atom. The lowest BCUT2D eigenvalue weighted by molar-refractivity contribution is -0.794. The van der Waals surface area contributed by atoms with E-state index in [4.69, 9.17) is 0 Å². The van der Waals surface area contributed by atoms with E-state index in [1.807, 2.05) is 0 Å². The zero-order chi connectivity index (χ0) is 9.94. The fourth-order valence-electron chi connectivity index (χ4n) is 0.341. The van der Waals surface area contributed by atoms with Crippen molar-refractivity contribution in [3.05, 3.63) is 0 Å². The molecule has 0 unspecified atom stereocenters. The van der Waals surface area contributed by atoms with Crippen LogP contribution in [0.15, 0.2) is 0 Å². The van der Waals surface area contributed by atoms with Gasteiger partial charge in [0.25, 0.3) is 0 Å². The Labute approximate surface area is 72.7 Å². The van der Waals surface area contributed by atoms with Gasteiger partial charge in [0.15, 0.2) is 0 Å². The number of nitrogens with zero attached hydrogens (tertiary/aromatic N) is 1. The van der Waals surface area contributed by atoms with Gasteiger partial charge in [-0.3, -0.25) is 4.79 Å². The molecule has 0 heterocycles. The van der Waals surface area contributed by atoms with Crippen LogP contribution >= 0.6 is 0 Å². The third-order valence-corrected chi connectivity index (χ3v) is 1.21. The summed E-state index contributed by atoms with van der Waals surface area (Å²) >= 11 is 0. The van der Waals surface area contributed by atoms with Crippen molar-refractivity contribution in [1.82, 2.24) is 0 Å². The fraction of sp³-hybridized carbons (Fsp3) is 0.750. The summed E-state index contributed by atoms with van der Waals surface area (Å²) in [5.41, 5.74) is 0. The lowest BCUT2D eigenvalue weighted by Crippen LogP contribution is -2.43. The maximum atomic E-state index is 11.1. The lowest BCUT2D eigenvalue weighted by Gasteiger charge is -2.18.